The summed E-state index contributed by atoms with van der Waals surface area (Å²) in [7, 11) is 1.66. The molecule has 1 aliphatic heterocycles. The molecular formula is C22H24F3N3O3. The predicted octanol–water partition coefficient (Wildman–Crippen LogP) is 3.82. The Labute approximate surface area is 178 Å². The van der Waals surface area contributed by atoms with Crippen molar-refractivity contribution in [1.29, 1.82) is 0 Å². The molecule has 31 heavy (non-hydrogen) atoms. The Kier molecular flexibility index (Phi) is 6.84. The lowest BCUT2D eigenvalue weighted by Crippen LogP contribution is -2.52. The molecule has 0 fully saturated rings. The number of rotatable bonds is 6. The van der Waals surface area contributed by atoms with Gasteiger partial charge in [-0.3, -0.25) is 19.4 Å². The third kappa shape index (κ3) is 5.55. The van der Waals surface area contributed by atoms with Gasteiger partial charge in [-0.1, -0.05) is 24.3 Å². The average Bonchev–Trinajstić information content (AvgIpc) is 2.85. The van der Waals surface area contributed by atoms with Crippen LogP contribution in [0.15, 0.2) is 48.5 Å². The van der Waals surface area contributed by atoms with E-state index in [1.54, 1.807) is 30.1 Å². The molecule has 0 unspecified atom stereocenters. The number of halogens is 3. The molecule has 0 radical (unpaired) electrons. The number of hydrogen-bond acceptors (Lipinski definition) is 4. The minimum absolute atomic E-state index is 0.0372. The number of carbonyl (C=O) groups excluding carboxylic acids is 2. The molecule has 2 amide bonds. The van der Waals surface area contributed by atoms with E-state index in [1.165, 1.54) is 18.2 Å². The highest BCUT2D eigenvalue weighted by molar-refractivity contribution is 6.05. The zero-order valence-corrected chi connectivity index (χ0v) is 17.3. The highest BCUT2D eigenvalue weighted by Gasteiger charge is 2.49. The number of alkyl halides is 3. The van der Waals surface area contributed by atoms with Gasteiger partial charge in [-0.2, -0.15) is 13.2 Å². The number of nitrogens with one attached hydrogen (secondary N) is 1. The van der Waals surface area contributed by atoms with Gasteiger partial charge in [-0.25, -0.2) is 0 Å². The third-order valence-electron chi connectivity index (χ3n) is 4.87. The lowest BCUT2D eigenvalue weighted by Gasteiger charge is -2.33. The van der Waals surface area contributed by atoms with Gasteiger partial charge in [0.2, 0.25) is 11.8 Å². The first-order valence-corrected chi connectivity index (χ1v) is 9.87. The molecule has 0 aromatic heterocycles. The summed E-state index contributed by atoms with van der Waals surface area (Å²) >= 11 is 0. The minimum atomic E-state index is -4.75. The number of likely N-dealkylation sites (N-methyl/N-ethyl adjacent to an activating group) is 1. The highest BCUT2D eigenvalue weighted by atomic mass is 19.4. The Morgan fingerprint density at radius 1 is 1.19 bits per heavy atom. The molecule has 0 bridgehead atoms. The number of nitrogens with zero attached hydrogens (tertiary/aromatic N) is 2. The molecular weight excluding hydrogens is 411 g/mol. The second-order valence-electron chi connectivity index (χ2n) is 7.34. The topological polar surface area (TPSA) is 61.9 Å². The Morgan fingerprint density at radius 2 is 1.87 bits per heavy atom. The molecule has 1 aliphatic rings. The number of fused-ring (bicyclic) bond motifs is 1. The summed E-state index contributed by atoms with van der Waals surface area (Å²) in [5, 5.41) is 2.46. The van der Waals surface area contributed by atoms with E-state index in [0.717, 1.165) is 11.3 Å². The number of para-hydroxylation sites is 2. The SMILES string of the molecule is CCOc1ccc(CN(C)CC(=O)N2c3ccccc3NC(=O)C[C@@H]2C(F)(F)F)cc1. The third-order valence-corrected chi connectivity index (χ3v) is 4.87. The fraction of sp³-hybridized carbons (Fsp3) is 0.364. The maximum atomic E-state index is 13.8. The predicted molar refractivity (Wildman–Crippen MR) is 111 cm³/mol. The Balaban J connectivity index is 1.80. The molecule has 1 heterocycles. The first-order chi connectivity index (χ1) is 14.7. The van der Waals surface area contributed by atoms with Gasteiger partial charge < -0.3 is 10.1 Å². The smallest absolute Gasteiger partial charge is 0.409 e. The maximum Gasteiger partial charge on any atom is 0.409 e. The summed E-state index contributed by atoms with van der Waals surface area (Å²) in [5.74, 6) is -0.802. The number of amides is 2. The Bertz CT molecular complexity index is 932. The van der Waals surface area contributed by atoms with E-state index in [0.29, 0.717) is 18.1 Å². The molecule has 2 aromatic rings. The van der Waals surface area contributed by atoms with Crippen LogP contribution >= 0.6 is 0 Å². The van der Waals surface area contributed by atoms with Gasteiger partial charge >= 0.3 is 6.18 Å². The van der Waals surface area contributed by atoms with Crippen molar-refractivity contribution < 1.29 is 27.5 Å². The van der Waals surface area contributed by atoms with Crippen LogP contribution in [0.5, 0.6) is 5.75 Å². The summed E-state index contributed by atoms with van der Waals surface area (Å²) < 4.78 is 46.7. The maximum absolute atomic E-state index is 13.8. The second-order valence-corrected chi connectivity index (χ2v) is 7.34. The lowest BCUT2D eigenvalue weighted by molar-refractivity contribution is -0.158. The molecule has 0 spiro atoms. The largest absolute Gasteiger partial charge is 0.494 e. The van der Waals surface area contributed by atoms with E-state index in [-0.39, 0.29) is 17.9 Å². The average molecular weight is 435 g/mol. The van der Waals surface area contributed by atoms with Gasteiger partial charge in [-0.05, 0) is 43.8 Å². The van der Waals surface area contributed by atoms with Crippen LogP contribution in [0.3, 0.4) is 0 Å². The number of ether oxygens (including phenoxy) is 1. The summed E-state index contributed by atoms with van der Waals surface area (Å²) in [5.41, 5.74) is 1.11. The zero-order chi connectivity index (χ0) is 22.6. The summed E-state index contributed by atoms with van der Waals surface area (Å²) in [4.78, 5) is 27.4. The first-order valence-electron chi connectivity index (χ1n) is 9.87. The van der Waals surface area contributed by atoms with Gasteiger partial charge in [0.1, 0.15) is 11.8 Å². The van der Waals surface area contributed by atoms with Crippen molar-refractivity contribution in [3.8, 4) is 5.75 Å². The Morgan fingerprint density at radius 3 is 2.52 bits per heavy atom. The van der Waals surface area contributed by atoms with E-state index in [4.69, 9.17) is 4.74 Å². The molecule has 1 atom stereocenters. The number of carbonyl (C=O) groups is 2. The molecule has 0 aliphatic carbocycles. The van der Waals surface area contributed by atoms with E-state index in [1.807, 2.05) is 19.1 Å². The van der Waals surface area contributed by atoms with Crippen molar-refractivity contribution in [2.45, 2.75) is 32.1 Å². The molecule has 1 N–H and O–H groups in total. The van der Waals surface area contributed by atoms with Crippen molar-refractivity contribution in [1.82, 2.24) is 4.90 Å². The van der Waals surface area contributed by atoms with Crippen LogP contribution in [0.1, 0.15) is 18.9 Å². The van der Waals surface area contributed by atoms with Gasteiger partial charge in [-0.15, -0.1) is 0 Å². The van der Waals surface area contributed by atoms with Gasteiger partial charge in [0.05, 0.1) is 30.9 Å². The van der Waals surface area contributed by atoms with Crippen LogP contribution in [-0.2, 0) is 16.1 Å². The van der Waals surface area contributed by atoms with Crippen LogP contribution < -0.4 is 15.0 Å². The van der Waals surface area contributed by atoms with Crippen LogP contribution in [0, 0.1) is 0 Å². The fourth-order valence-corrected chi connectivity index (χ4v) is 3.53. The van der Waals surface area contributed by atoms with Crippen molar-refractivity contribution in [2.75, 3.05) is 30.4 Å². The molecule has 2 aromatic carbocycles. The highest BCUT2D eigenvalue weighted by Crippen LogP contribution is 2.37. The summed E-state index contributed by atoms with van der Waals surface area (Å²) in [6.07, 6.45) is -5.61. The molecule has 6 nitrogen and oxygen atoms in total. The van der Waals surface area contributed by atoms with Crippen LogP contribution in [0.2, 0.25) is 0 Å². The van der Waals surface area contributed by atoms with Crippen molar-refractivity contribution in [3.63, 3.8) is 0 Å². The molecule has 3 rings (SSSR count). The minimum Gasteiger partial charge on any atom is -0.494 e. The number of anilines is 2. The normalized spacial score (nSPS) is 16.5. The first kappa shape index (κ1) is 22.6. The van der Waals surface area contributed by atoms with E-state index in [9.17, 15) is 22.8 Å². The van der Waals surface area contributed by atoms with Crippen LogP contribution in [0.4, 0.5) is 24.5 Å². The van der Waals surface area contributed by atoms with Gasteiger partial charge in [0.15, 0.2) is 0 Å². The van der Waals surface area contributed by atoms with Crippen molar-refractivity contribution in [2.24, 2.45) is 0 Å². The van der Waals surface area contributed by atoms with Gasteiger partial charge in [0, 0.05) is 6.54 Å². The second kappa shape index (κ2) is 9.38. The number of hydrogen-bond donors (Lipinski definition) is 1. The van der Waals surface area contributed by atoms with Crippen molar-refractivity contribution in [3.05, 3.63) is 54.1 Å². The fourth-order valence-electron chi connectivity index (χ4n) is 3.53. The molecule has 0 saturated heterocycles. The molecule has 0 saturated carbocycles. The molecule has 9 heteroatoms. The standard InChI is InChI=1S/C22H24F3N3O3/c1-3-31-16-10-8-15(9-11-16)13-27(2)14-21(30)28-18-7-5-4-6-17(18)26-20(29)12-19(28)22(23,24)25/h4-11,19H,3,12-14H2,1-2H3,(H,26,29)/t19-/m1/s1. The lowest BCUT2D eigenvalue weighted by atomic mass is 10.1. The van der Waals surface area contributed by atoms with Gasteiger partial charge in [0.25, 0.3) is 0 Å². The monoisotopic (exact) mass is 435 g/mol. The van der Waals surface area contributed by atoms with E-state index >= 15 is 0 Å². The molecule has 166 valence electrons. The van der Waals surface area contributed by atoms with Crippen molar-refractivity contribution >= 4 is 23.2 Å². The van der Waals surface area contributed by atoms with Crippen LogP contribution in [-0.4, -0.2) is 49.1 Å². The Hall–Kier alpha value is -3.07. The summed E-state index contributed by atoms with van der Waals surface area (Å²) in [6.45, 7) is 2.54. The zero-order valence-electron chi connectivity index (χ0n) is 17.3. The van der Waals surface area contributed by atoms with Crippen LogP contribution in [0.25, 0.3) is 0 Å². The summed E-state index contributed by atoms with van der Waals surface area (Å²) in [6, 6.07) is 11.1. The van der Waals surface area contributed by atoms with E-state index < -0.39 is 30.5 Å². The number of benzene rings is 2. The quantitative estimate of drug-likeness (QED) is 0.750. The van der Waals surface area contributed by atoms with E-state index in [2.05, 4.69) is 5.32 Å².